The Balaban J connectivity index is 2.74. The molecule has 0 fully saturated rings. The zero-order chi connectivity index (χ0) is 20.2. The summed E-state index contributed by atoms with van der Waals surface area (Å²) in [6, 6.07) is 4.01. The van der Waals surface area contributed by atoms with Crippen molar-refractivity contribution in [2.45, 2.75) is 59.4 Å². The van der Waals surface area contributed by atoms with Gasteiger partial charge < -0.3 is 14.4 Å². The predicted octanol–water partition coefficient (Wildman–Crippen LogP) is 3.99. The van der Waals surface area contributed by atoms with Crippen molar-refractivity contribution in [2.24, 2.45) is 13.0 Å². The molecule has 0 aromatic carbocycles. The first-order valence-electron chi connectivity index (χ1n) is 10.2. The number of aryl methyl sites for hydroxylation is 1. The molecule has 0 bridgehead atoms. The van der Waals surface area contributed by atoms with Crippen molar-refractivity contribution < 1.29 is 9.59 Å². The molecule has 5 nitrogen and oxygen atoms in total. The van der Waals surface area contributed by atoms with Gasteiger partial charge in [-0.1, -0.05) is 46.1 Å². The number of aromatic nitrogens is 1. The summed E-state index contributed by atoms with van der Waals surface area (Å²) in [5, 5.41) is 0. The fourth-order valence-electron chi connectivity index (χ4n) is 3.09. The third kappa shape index (κ3) is 8.46. The van der Waals surface area contributed by atoms with Gasteiger partial charge in [-0.15, -0.1) is 6.58 Å². The molecular weight excluding hydrogens is 338 g/mol. The van der Waals surface area contributed by atoms with Crippen molar-refractivity contribution in [1.82, 2.24) is 14.4 Å². The highest BCUT2D eigenvalue weighted by Crippen LogP contribution is 2.11. The van der Waals surface area contributed by atoms with Crippen molar-refractivity contribution in [2.75, 3.05) is 19.6 Å². The zero-order valence-electron chi connectivity index (χ0n) is 17.6. The fourth-order valence-corrected chi connectivity index (χ4v) is 3.09. The number of carbonyl (C=O) groups is 2. The lowest BCUT2D eigenvalue weighted by atomic mass is 10.1. The summed E-state index contributed by atoms with van der Waals surface area (Å²) in [7, 11) is 1.98. The average molecular weight is 376 g/mol. The minimum absolute atomic E-state index is 0.00587. The molecular formula is C22H37N3O2. The third-order valence-corrected chi connectivity index (χ3v) is 4.61. The molecule has 0 unspecified atom stereocenters. The summed E-state index contributed by atoms with van der Waals surface area (Å²) in [5.74, 6) is 0.406. The molecule has 0 atom stereocenters. The van der Waals surface area contributed by atoms with E-state index in [-0.39, 0.29) is 18.4 Å². The maximum absolute atomic E-state index is 13.0. The van der Waals surface area contributed by atoms with Gasteiger partial charge >= 0.3 is 0 Å². The highest BCUT2D eigenvalue weighted by molar-refractivity contribution is 5.85. The Bertz CT molecular complexity index is 592. The minimum Gasteiger partial charge on any atom is -0.353 e. The fraction of sp³-hybridized carbons (Fsp3) is 0.636. The van der Waals surface area contributed by atoms with Gasteiger partial charge in [0.1, 0.15) is 6.54 Å². The van der Waals surface area contributed by atoms with Gasteiger partial charge in [-0.05, 0) is 24.5 Å². The molecule has 27 heavy (non-hydrogen) atoms. The lowest BCUT2D eigenvalue weighted by Crippen LogP contribution is -2.44. The van der Waals surface area contributed by atoms with Crippen LogP contribution in [-0.4, -0.2) is 45.8 Å². The Morgan fingerprint density at radius 1 is 1.19 bits per heavy atom. The monoisotopic (exact) mass is 375 g/mol. The van der Waals surface area contributed by atoms with Crippen LogP contribution in [-0.2, 0) is 23.2 Å². The van der Waals surface area contributed by atoms with E-state index in [4.69, 9.17) is 0 Å². The smallest absolute Gasteiger partial charge is 0.242 e. The van der Waals surface area contributed by atoms with Gasteiger partial charge in [0, 0.05) is 38.4 Å². The van der Waals surface area contributed by atoms with Crippen molar-refractivity contribution in [1.29, 1.82) is 0 Å². The highest BCUT2D eigenvalue weighted by atomic mass is 16.2. The molecule has 0 radical (unpaired) electrons. The molecule has 1 rings (SSSR count). The molecule has 2 amide bonds. The molecule has 0 N–H and O–H groups in total. The number of unbranched alkanes of at least 4 members (excludes halogenated alkanes) is 3. The first-order chi connectivity index (χ1) is 12.9. The molecule has 0 saturated carbocycles. The third-order valence-electron chi connectivity index (χ3n) is 4.61. The number of nitrogens with zero attached hydrogens (tertiary/aromatic N) is 3. The predicted molar refractivity (Wildman–Crippen MR) is 111 cm³/mol. The Morgan fingerprint density at radius 3 is 2.48 bits per heavy atom. The lowest BCUT2D eigenvalue weighted by molar-refractivity contribution is -0.140. The standard InChI is InChI=1S/C22H37N3O2/c1-6-8-9-10-13-21(26)24(14-7-2)18-22(27)25(16-19(3)4)17-20-12-11-15-23(20)5/h7,11-12,15,19H,2,6,8-10,13-14,16-18H2,1,3-5H3. The largest absolute Gasteiger partial charge is 0.353 e. The molecule has 1 aromatic heterocycles. The van der Waals surface area contributed by atoms with E-state index in [9.17, 15) is 9.59 Å². The van der Waals surface area contributed by atoms with Crippen LogP contribution in [0.15, 0.2) is 31.0 Å². The van der Waals surface area contributed by atoms with E-state index in [1.54, 1.807) is 11.0 Å². The van der Waals surface area contributed by atoms with Crippen molar-refractivity contribution >= 4 is 11.8 Å². The summed E-state index contributed by atoms with van der Waals surface area (Å²) in [6.45, 7) is 11.9. The molecule has 1 aromatic rings. The molecule has 0 aliphatic heterocycles. The van der Waals surface area contributed by atoms with Gasteiger partial charge in [0.25, 0.3) is 0 Å². The normalized spacial score (nSPS) is 10.9. The van der Waals surface area contributed by atoms with Crippen LogP contribution >= 0.6 is 0 Å². The van der Waals surface area contributed by atoms with Crippen molar-refractivity contribution in [3.05, 3.63) is 36.7 Å². The molecule has 0 spiro atoms. The highest BCUT2D eigenvalue weighted by Gasteiger charge is 2.21. The van der Waals surface area contributed by atoms with E-state index in [1.165, 1.54) is 0 Å². The van der Waals surface area contributed by atoms with E-state index < -0.39 is 0 Å². The first-order valence-corrected chi connectivity index (χ1v) is 10.2. The number of hydrogen-bond donors (Lipinski definition) is 0. The quantitative estimate of drug-likeness (QED) is 0.386. The second-order valence-electron chi connectivity index (χ2n) is 7.65. The number of rotatable bonds is 13. The van der Waals surface area contributed by atoms with Crippen LogP contribution in [0.4, 0.5) is 0 Å². The van der Waals surface area contributed by atoms with Crippen LogP contribution in [0.25, 0.3) is 0 Å². The second kappa shape index (κ2) is 12.4. The van der Waals surface area contributed by atoms with Crippen molar-refractivity contribution in [3.63, 3.8) is 0 Å². The van der Waals surface area contributed by atoms with Crippen molar-refractivity contribution in [3.8, 4) is 0 Å². The second-order valence-corrected chi connectivity index (χ2v) is 7.65. The Kier molecular flexibility index (Phi) is 10.5. The van der Waals surface area contributed by atoms with E-state index in [0.717, 1.165) is 31.4 Å². The van der Waals surface area contributed by atoms with Gasteiger partial charge in [0.2, 0.25) is 11.8 Å². The van der Waals surface area contributed by atoms with Gasteiger partial charge in [0.15, 0.2) is 0 Å². The summed E-state index contributed by atoms with van der Waals surface area (Å²) < 4.78 is 2.03. The maximum atomic E-state index is 13.0. The van der Waals surface area contributed by atoms with Crippen LogP contribution < -0.4 is 0 Å². The van der Waals surface area contributed by atoms with E-state index in [0.29, 0.717) is 32.0 Å². The number of hydrogen-bond acceptors (Lipinski definition) is 2. The number of amides is 2. The molecule has 5 heteroatoms. The molecule has 152 valence electrons. The minimum atomic E-state index is -0.00587. The topological polar surface area (TPSA) is 45.6 Å². The Hall–Kier alpha value is -2.04. The summed E-state index contributed by atoms with van der Waals surface area (Å²) >= 11 is 0. The van der Waals surface area contributed by atoms with Gasteiger partial charge in [-0.3, -0.25) is 9.59 Å². The molecule has 0 aliphatic rings. The van der Waals surface area contributed by atoms with Crippen LogP contribution in [0.1, 0.15) is 58.6 Å². The van der Waals surface area contributed by atoms with Crippen LogP contribution in [0.3, 0.4) is 0 Å². The molecule has 1 heterocycles. The first kappa shape index (κ1) is 23.0. The maximum Gasteiger partial charge on any atom is 0.242 e. The summed E-state index contributed by atoms with van der Waals surface area (Å²) in [6.07, 6.45) is 8.42. The molecule has 0 saturated heterocycles. The van der Waals surface area contributed by atoms with Crippen LogP contribution in [0.2, 0.25) is 0 Å². The Morgan fingerprint density at radius 2 is 1.93 bits per heavy atom. The SMILES string of the molecule is C=CCN(CC(=O)N(Cc1cccn1C)CC(C)C)C(=O)CCCCCC. The van der Waals surface area contributed by atoms with Crippen LogP contribution in [0.5, 0.6) is 0 Å². The average Bonchev–Trinajstić information content (AvgIpc) is 3.02. The van der Waals surface area contributed by atoms with Gasteiger partial charge in [0.05, 0.1) is 6.54 Å². The van der Waals surface area contributed by atoms with Gasteiger partial charge in [-0.25, -0.2) is 0 Å². The summed E-state index contributed by atoms with van der Waals surface area (Å²) in [4.78, 5) is 29.0. The van der Waals surface area contributed by atoms with E-state index >= 15 is 0 Å². The van der Waals surface area contributed by atoms with E-state index in [2.05, 4.69) is 27.4 Å². The van der Waals surface area contributed by atoms with Crippen LogP contribution in [0, 0.1) is 5.92 Å². The lowest BCUT2D eigenvalue weighted by Gasteiger charge is -2.28. The number of carbonyl (C=O) groups excluding carboxylic acids is 2. The molecule has 0 aliphatic carbocycles. The Labute approximate surface area is 165 Å². The van der Waals surface area contributed by atoms with Gasteiger partial charge in [-0.2, -0.15) is 0 Å². The van der Waals surface area contributed by atoms with E-state index in [1.807, 2.05) is 34.8 Å². The zero-order valence-corrected chi connectivity index (χ0v) is 17.6. The summed E-state index contributed by atoms with van der Waals surface area (Å²) in [5.41, 5.74) is 1.09.